The Labute approximate surface area is 105 Å². The average Bonchev–Trinajstić information content (AvgIpc) is 2.72. The summed E-state index contributed by atoms with van der Waals surface area (Å²) in [5.74, 6) is 0.816. The first-order valence-electron chi connectivity index (χ1n) is 5.62. The normalized spacial score (nSPS) is 12.4. The molecule has 96 valence electrons. The van der Waals surface area contributed by atoms with Gasteiger partial charge in [-0.15, -0.1) is 0 Å². The van der Waals surface area contributed by atoms with Crippen molar-refractivity contribution in [2.45, 2.75) is 13.0 Å². The first-order chi connectivity index (χ1) is 8.60. The van der Waals surface area contributed by atoms with E-state index in [1.54, 1.807) is 25.6 Å². The standard InChI is InChI=1S/C12H16N4O2/c1-7(11(17)14-2)16-8-5-4-6-9(18-3)10(8)15-12(16)13/h4-7H,1-3H3,(H2,13,15)(H,14,17). The van der Waals surface area contributed by atoms with E-state index in [1.807, 2.05) is 18.2 Å². The zero-order chi connectivity index (χ0) is 13.3. The number of nitrogens with two attached hydrogens (primary N) is 1. The van der Waals surface area contributed by atoms with Gasteiger partial charge in [-0.2, -0.15) is 0 Å². The van der Waals surface area contributed by atoms with E-state index < -0.39 is 6.04 Å². The molecule has 6 heteroatoms. The number of nitrogen functional groups attached to an aromatic ring is 1. The summed E-state index contributed by atoms with van der Waals surface area (Å²) in [7, 11) is 3.17. The van der Waals surface area contributed by atoms with Gasteiger partial charge in [0, 0.05) is 7.05 Å². The monoisotopic (exact) mass is 248 g/mol. The first-order valence-corrected chi connectivity index (χ1v) is 5.62. The molecule has 0 radical (unpaired) electrons. The lowest BCUT2D eigenvalue weighted by molar-refractivity contribution is -0.123. The first kappa shape index (κ1) is 12.2. The highest BCUT2D eigenvalue weighted by Crippen LogP contribution is 2.29. The second-order valence-electron chi connectivity index (χ2n) is 3.96. The number of benzene rings is 1. The molecule has 1 aromatic heterocycles. The van der Waals surface area contributed by atoms with Crippen molar-refractivity contribution < 1.29 is 9.53 Å². The van der Waals surface area contributed by atoms with Crippen LogP contribution in [0, 0.1) is 0 Å². The van der Waals surface area contributed by atoms with Gasteiger partial charge in [-0.05, 0) is 19.1 Å². The van der Waals surface area contributed by atoms with Crippen LogP contribution in [0.4, 0.5) is 5.95 Å². The Morgan fingerprint density at radius 2 is 2.28 bits per heavy atom. The Balaban J connectivity index is 2.64. The topological polar surface area (TPSA) is 82.2 Å². The number of hydrogen-bond donors (Lipinski definition) is 2. The van der Waals surface area contributed by atoms with Gasteiger partial charge in [0.15, 0.2) is 0 Å². The van der Waals surface area contributed by atoms with Crippen molar-refractivity contribution in [3.05, 3.63) is 18.2 Å². The zero-order valence-electron chi connectivity index (χ0n) is 10.6. The summed E-state index contributed by atoms with van der Waals surface area (Å²) in [6, 6.07) is 5.09. The average molecular weight is 248 g/mol. The SMILES string of the molecule is CNC(=O)C(C)n1c(N)nc2c(OC)cccc21. The number of imidazole rings is 1. The minimum atomic E-state index is -0.424. The molecule has 0 aliphatic heterocycles. The van der Waals surface area contributed by atoms with Gasteiger partial charge >= 0.3 is 0 Å². The minimum absolute atomic E-state index is 0.121. The molecular weight excluding hydrogens is 232 g/mol. The van der Waals surface area contributed by atoms with Crippen molar-refractivity contribution in [1.82, 2.24) is 14.9 Å². The number of likely N-dealkylation sites (N-methyl/N-ethyl adjacent to an activating group) is 1. The third-order valence-corrected chi connectivity index (χ3v) is 2.94. The molecule has 0 saturated heterocycles. The van der Waals surface area contributed by atoms with E-state index in [4.69, 9.17) is 10.5 Å². The van der Waals surface area contributed by atoms with Crippen LogP contribution in [0.15, 0.2) is 18.2 Å². The van der Waals surface area contributed by atoms with E-state index in [2.05, 4.69) is 10.3 Å². The number of rotatable bonds is 3. The number of nitrogens with zero attached hydrogens (tertiary/aromatic N) is 2. The number of nitrogens with one attached hydrogen (secondary N) is 1. The van der Waals surface area contributed by atoms with Crippen molar-refractivity contribution in [1.29, 1.82) is 0 Å². The molecule has 3 N–H and O–H groups in total. The number of hydrogen-bond acceptors (Lipinski definition) is 4. The van der Waals surface area contributed by atoms with Crippen LogP contribution in [-0.4, -0.2) is 29.6 Å². The van der Waals surface area contributed by atoms with Crippen LogP contribution in [0.1, 0.15) is 13.0 Å². The predicted octanol–water partition coefficient (Wildman–Crippen LogP) is 0.934. The summed E-state index contributed by atoms with van der Waals surface area (Å²) in [6.07, 6.45) is 0. The Morgan fingerprint density at radius 3 is 2.89 bits per heavy atom. The van der Waals surface area contributed by atoms with Gasteiger partial charge in [0.25, 0.3) is 0 Å². The number of amides is 1. The third-order valence-electron chi connectivity index (χ3n) is 2.94. The van der Waals surface area contributed by atoms with E-state index in [0.717, 1.165) is 5.52 Å². The van der Waals surface area contributed by atoms with Gasteiger partial charge in [0.05, 0.1) is 12.6 Å². The molecule has 6 nitrogen and oxygen atoms in total. The second-order valence-corrected chi connectivity index (χ2v) is 3.96. The zero-order valence-corrected chi connectivity index (χ0v) is 10.6. The van der Waals surface area contributed by atoms with Crippen molar-refractivity contribution in [3.63, 3.8) is 0 Å². The number of aromatic nitrogens is 2. The minimum Gasteiger partial charge on any atom is -0.494 e. The third kappa shape index (κ3) is 1.75. The molecule has 0 fully saturated rings. The highest BCUT2D eigenvalue weighted by Gasteiger charge is 2.20. The van der Waals surface area contributed by atoms with Gasteiger partial charge in [-0.1, -0.05) is 6.07 Å². The fraction of sp³-hybridized carbons (Fsp3) is 0.333. The highest BCUT2D eigenvalue weighted by molar-refractivity contribution is 5.88. The quantitative estimate of drug-likeness (QED) is 0.846. The summed E-state index contributed by atoms with van der Waals surface area (Å²) in [6.45, 7) is 1.77. The summed E-state index contributed by atoms with van der Waals surface area (Å²) >= 11 is 0. The molecule has 1 atom stereocenters. The van der Waals surface area contributed by atoms with E-state index in [0.29, 0.717) is 17.2 Å². The summed E-state index contributed by atoms with van der Waals surface area (Å²) in [5.41, 5.74) is 7.33. The Hall–Kier alpha value is -2.24. The number of ether oxygens (including phenoxy) is 1. The van der Waals surface area contributed by atoms with Crippen LogP contribution in [0.3, 0.4) is 0 Å². The Morgan fingerprint density at radius 1 is 1.56 bits per heavy atom. The second kappa shape index (κ2) is 4.56. The van der Waals surface area contributed by atoms with Crippen LogP contribution >= 0.6 is 0 Å². The number of anilines is 1. The predicted molar refractivity (Wildman–Crippen MR) is 69.5 cm³/mol. The number of methoxy groups -OCH3 is 1. The fourth-order valence-corrected chi connectivity index (χ4v) is 2.01. The molecule has 18 heavy (non-hydrogen) atoms. The van der Waals surface area contributed by atoms with E-state index >= 15 is 0 Å². The smallest absolute Gasteiger partial charge is 0.242 e. The summed E-state index contributed by atoms with van der Waals surface area (Å²) in [5, 5.41) is 2.60. The maximum atomic E-state index is 11.7. The molecule has 1 aromatic carbocycles. The fourth-order valence-electron chi connectivity index (χ4n) is 2.01. The maximum Gasteiger partial charge on any atom is 0.242 e. The van der Waals surface area contributed by atoms with E-state index in [1.165, 1.54) is 0 Å². The molecule has 0 bridgehead atoms. The molecule has 1 heterocycles. The van der Waals surface area contributed by atoms with E-state index in [9.17, 15) is 4.79 Å². The molecule has 0 aliphatic rings. The molecule has 0 aliphatic carbocycles. The van der Waals surface area contributed by atoms with Crippen molar-refractivity contribution in [3.8, 4) is 5.75 Å². The molecule has 0 spiro atoms. The number of para-hydroxylation sites is 1. The molecule has 2 aromatic rings. The number of carbonyl (C=O) groups excluding carboxylic acids is 1. The van der Waals surface area contributed by atoms with E-state index in [-0.39, 0.29) is 5.91 Å². The maximum absolute atomic E-state index is 11.7. The summed E-state index contributed by atoms with van der Waals surface area (Å²) < 4.78 is 6.92. The van der Waals surface area contributed by atoms with Gasteiger partial charge in [0.1, 0.15) is 17.3 Å². The molecule has 1 unspecified atom stereocenters. The van der Waals surface area contributed by atoms with Crippen LogP contribution in [0.5, 0.6) is 5.75 Å². The van der Waals surface area contributed by atoms with Gasteiger partial charge in [-0.3, -0.25) is 9.36 Å². The molecule has 1 amide bonds. The van der Waals surface area contributed by atoms with Crippen LogP contribution in [0.25, 0.3) is 11.0 Å². The number of carbonyl (C=O) groups is 1. The Bertz CT molecular complexity index is 591. The lowest BCUT2D eigenvalue weighted by atomic mass is 10.2. The van der Waals surface area contributed by atoms with Crippen molar-refractivity contribution in [2.24, 2.45) is 0 Å². The Kier molecular flexibility index (Phi) is 3.10. The molecule has 0 saturated carbocycles. The lowest BCUT2D eigenvalue weighted by Crippen LogP contribution is -2.28. The van der Waals surface area contributed by atoms with Crippen LogP contribution < -0.4 is 15.8 Å². The largest absolute Gasteiger partial charge is 0.494 e. The van der Waals surface area contributed by atoms with Crippen molar-refractivity contribution >= 4 is 22.9 Å². The van der Waals surface area contributed by atoms with Gasteiger partial charge in [-0.25, -0.2) is 4.98 Å². The van der Waals surface area contributed by atoms with Gasteiger partial charge in [0.2, 0.25) is 11.9 Å². The van der Waals surface area contributed by atoms with Crippen LogP contribution in [-0.2, 0) is 4.79 Å². The molecule has 2 rings (SSSR count). The molecular formula is C12H16N4O2. The summed E-state index contributed by atoms with van der Waals surface area (Å²) in [4.78, 5) is 16.0. The number of fused-ring (bicyclic) bond motifs is 1. The van der Waals surface area contributed by atoms with Gasteiger partial charge < -0.3 is 15.8 Å². The highest BCUT2D eigenvalue weighted by atomic mass is 16.5. The van der Waals surface area contributed by atoms with Crippen LogP contribution in [0.2, 0.25) is 0 Å². The van der Waals surface area contributed by atoms with Crippen molar-refractivity contribution in [2.75, 3.05) is 19.9 Å². The lowest BCUT2D eigenvalue weighted by Gasteiger charge is -2.14.